The van der Waals surface area contributed by atoms with Gasteiger partial charge in [0.25, 0.3) is 0 Å². The van der Waals surface area contributed by atoms with Gasteiger partial charge in [0.2, 0.25) is 0 Å². The average Bonchev–Trinajstić information content (AvgIpc) is 2.75. The number of pyridine rings is 1. The third-order valence-electron chi connectivity index (χ3n) is 5.63. The minimum Gasteiger partial charge on any atom is -0.399 e. The summed E-state index contributed by atoms with van der Waals surface area (Å²) in [5.74, 6) is 0.535. The van der Waals surface area contributed by atoms with Crippen LogP contribution in [0.25, 0.3) is 11.1 Å². The van der Waals surface area contributed by atoms with Crippen LogP contribution in [0.3, 0.4) is 0 Å². The van der Waals surface area contributed by atoms with Gasteiger partial charge in [-0.3, -0.25) is 0 Å². The highest BCUT2D eigenvalue weighted by Gasteiger charge is 2.19. The van der Waals surface area contributed by atoms with E-state index < -0.39 is 0 Å². The van der Waals surface area contributed by atoms with E-state index in [2.05, 4.69) is 15.6 Å². The maximum absolute atomic E-state index is 13.4. The summed E-state index contributed by atoms with van der Waals surface area (Å²) in [5.41, 5.74) is 16.2. The predicted molar refractivity (Wildman–Crippen MR) is 127 cm³/mol. The van der Waals surface area contributed by atoms with Crippen LogP contribution < -0.4 is 22.1 Å². The van der Waals surface area contributed by atoms with E-state index in [1.807, 2.05) is 30.3 Å². The van der Waals surface area contributed by atoms with Crippen molar-refractivity contribution in [3.63, 3.8) is 0 Å². The molecule has 3 aromatic rings. The number of benzene rings is 2. The summed E-state index contributed by atoms with van der Waals surface area (Å²) in [6.45, 7) is 0.487. The summed E-state index contributed by atoms with van der Waals surface area (Å²) >= 11 is 6.48. The summed E-state index contributed by atoms with van der Waals surface area (Å²) in [6.07, 6.45) is 5.78. The number of anilines is 3. The van der Waals surface area contributed by atoms with Crippen LogP contribution in [0.4, 0.5) is 21.6 Å². The number of hydrogen-bond acceptors (Lipinski definition) is 5. The second-order valence-corrected chi connectivity index (χ2v) is 8.54. The first kappa shape index (κ1) is 21.4. The van der Waals surface area contributed by atoms with Crippen LogP contribution in [0, 0.1) is 5.82 Å². The Kier molecular flexibility index (Phi) is 6.59. The number of aromatic nitrogens is 1. The summed E-state index contributed by atoms with van der Waals surface area (Å²) in [7, 11) is 0. The lowest BCUT2D eigenvalue weighted by Gasteiger charge is -2.27. The second kappa shape index (κ2) is 9.54. The third-order valence-corrected chi connectivity index (χ3v) is 5.93. The van der Waals surface area contributed by atoms with Gasteiger partial charge in [-0.2, -0.15) is 0 Å². The molecule has 1 aromatic heterocycles. The molecule has 0 radical (unpaired) electrons. The lowest BCUT2D eigenvalue weighted by atomic mass is 9.92. The van der Waals surface area contributed by atoms with E-state index in [0.717, 1.165) is 53.9 Å². The summed E-state index contributed by atoms with van der Waals surface area (Å²) in [6, 6.07) is 14.9. The van der Waals surface area contributed by atoms with Crippen molar-refractivity contribution in [2.75, 3.05) is 16.4 Å². The molecule has 0 unspecified atom stereocenters. The fourth-order valence-corrected chi connectivity index (χ4v) is 4.18. The minimum atomic E-state index is -0.254. The molecule has 162 valence electrons. The zero-order valence-electron chi connectivity index (χ0n) is 17.2. The zero-order valence-corrected chi connectivity index (χ0v) is 18.0. The molecule has 1 fully saturated rings. The maximum Gasteiger partial charge on any atom is 0.126 e. The quantitative estimate of drug-likeness (QED) is 0.385. The van der Waals surface area contributed by atoms with Crippen molar-refractivity contribution in [3.05, 3.63) is 71.1 Å². The zero-order chi connectivity index (χ0) is 21.8. The third kappa shape index (κ3) is 5.66. The normalized spacial score (nSPS) is 18.5. The van der Waals surface area contributed by atoms with Gasteiger partial charge in [-0.15, -0.1) is 0 Å². The Balaban J connectivity index is 1.53. The monoisotopic (exact) mass is 439 g/mol. The number of hydrogen-bond donors (Lipinski definition) is 4. The van der Waals surface area contributed by atoms with E-state index in [0.29, 0.717) is 29.3 Å². The van der Waals surface area contributed by atoms with Crippen LogP contribution in [0.5, 0.6) is 0 Å². The summed E-state index contributed by atoms with van der Waals surface area (Å²) < 4.78 is 13.4. The smallest absolute Gasteiger partial charge is 0.126 e. The molecular formula is C24H27ClFN5. The van der Waals surface area contributed by atoms with E-state index >= 15 is 0 Å². The lowest BCUT2D eigenvalue weighted by molar-refractivity contribution is 0.410. The number of rotatable bonds is 6. The average molecular weight is 440 g/mol. The van der Waals surface area contributed by atoms with Crippen LogP contribution in [-0.4, -0.2) is 17.1 Å². The van der Waals surface area contributed by atoms with Gasteiger partial charge in [-0.25, -0.2) is 9.37 Å². The molecule has 31 heavy (non-hydrogen) atoms. The molecule has 6 N–H and O–H groups in total. The van der Waals surface area contributed by atoms with Crippen molar-refractivity contribution >= 4 is 28.8 Å². The number of nitrogens with zero attached hydrogens (tertiary/aromatic N) is 1. The molecule has 0 bridgehead atoms. The number of halogens is 2. The van der Waals surface area contributed by atoms with Gasteiger partial charge >= 0.3 is 0 Å². The van der Waals surface area contributed by atoms with E-state index in [-0.39, 0.29) is 5.82 Å². The van der Waals surface area contributed by atoms with Crippen molar-refractivity contribution in [2.45, 2.75) is 44.3 Å². The van der Waals surface area contributed by atoms with Crippen molar-refractivity contribution < 1.29 is 4.39 Å². The van der Waals surface area contributed by atoms with Crippen molar-refractivity contribution in [1.29, 1.82) is 0 Å². The van der Waals surface area contributed by atoms with Gasteiger partial charge in [0.1, 0.15) is 11.6 Å². The molecule has 7 heteroatoms. The Bertz CT molecular complexity index is 1050. The van der Waals surface area contributed by atoms with E-state index in [1.165, 1.54) is 12.1 Å². The Morgan fingerprint density at radius 2 is 1.87 bits per heavy atom. The summed E-state index contributed by atoms with van der Waals surface area (Å²) in [4.78, 5) is 4.45. The predicted octanol–water partition coefficient (Wildman–Crippen LogP) is 5.42. The molecule has 5 nitrogen and oxygen atoms in total. The molecular weight excluding hydrogens is 413 g/mol. The Morgan fingerprint density at radius 1 is 1.06 bits per heavy atom. The van der Waals surface area contributed by atoms with Crippen LogP contribution in [0.15, 0.2) is 54.7 Å². The molecule has 0 spiro atoms. The Hall–Kier alpha value is -2.83. The van der Waals surface area contributed by atoms with Gasteiger partial charge in [0.15, 0.2) is 0 Å². The highest BCUT2D eigenvalue weighted by Crippen LogP contribution is 2.33. The largest absolute Gasteiger partial charge is 0.399 e. The van der Waals surface area contributed by atoms with Gasteiger partial charge in [0, 0.05) is 41.8 Å². The number of nitrogen functional groups attached to an aromatic ring is 1. The first-order valence-corrected chi connectivity index (χ1v) is 10.9. The summed E-state index contributed by atoms with van der Waals surface area (Å²) in [5, 5.41) is 7.38. The van der Waals surface area contributed by atoms with Crippen molar-refractivity contribution in [3.8, 4) is 11.1 Å². The van der Waals surface area contributed by atoms with Crippen LogP contribution in [0.1, 0.15) is 31.2 Å². The molecule has 1 aliphatic rings. The van der Waals surface area contributed by atoms with Gasteiger partial charge < -0.3 is 22.1 Å². The fraction of sp³-hybridized carbons (Fsp3) is 0.292. The number of nitrogens with one attached hydrogen (secondary N) is 2. The molecule has 0 atom stereocenters. The Labute approximate surface area is 187 Å². The highest BCUT2D eigenvalue weighted by molar-refractivity contribution is 6.33. The molecule has 0 amide bonds. The van der Waals surface area contributed by atoms with Gasteiger partial charge in [0.05, 0.1) is 5.02 Å². The first-order chi connectivity index (χ1) is 15.0. The molecule has 1 heterocycles. The standard InChI is InChI=1S/C24H27ClFN5/c25-23-14-30-24(31-20-6-4-18(27)5-7-20)12-22(23)16-9-19(28)11-21(10-16)29-13-15-2-1-3-17(26)8-15/h1-3,8-12,14,18,20,29H,4-7,13,27-28H2,(H,30,31)/t18-,20-. The Morgan fingerprint density at radius 3 is 2.65 bits per heavy atom. The van der Waals surface area contributed by atoms with Gasteiger partial charge in [-0.1, -0.05) is 23.7 Å². The second-order valence-electron chi connectivity index (χ2n) is 8.13. The van der Waals surface area contributed by atoms with Crippen molar-refractivity contribution in [1.82, 2.24) is 4.98 Å². The molecule has 0 saturated heterocycles. The van der Waals surface area contributed by atoms with E-state index in [9.17, 15) is 4.39 Å². The molecule has 4 rings (SSSR count). The molecule has 2 aromatic carbocycles. The van der Waals surface area contributed by atoms with Crippen LogP contribution in [-0.2, 0) is 6.54 Å². The van der Waals surface area contributed by atoms with Crippen molar-refractivity contribution in [2.24, 2.45) is 5.73 Å². The van der Waals surface area contributed by atoms with Gasteiger partial charge in [-0.05, 0) is 73.2 Å². The van der Waals surface area contributed by atoms with E-state index in [1.54, 1.807) is 12.3 Å². The van der Waals surface area contributed by atoms with Crippen LogP contribution >= 0.6 is 11.6 Å². The highest BCUT2D eigenvalue weighted by atomic mass is 35.5. The minimum absolute atomic E-state index is 0.254. The van der Waals surface area contributed by atoms with E-state index in [4.69, 9.17) is 23.1 Å². The van der Waals surface area contributed by atoms with Crippen LogP contribution in [0.2, 0.25) is 5.02 Å². The molecule has 0 aliphatic heterocycles. The number of nitrogens with two attached hydrogens (primary N) is 2. The first-order valence-electron chi connectivity index (χ1n) is 10.5. The molecule has 1 aliphatic carbocycles. The maximum atomic E-state index is 13.4. The topological polar surface area (TPSA) is 89.0 Å². The molecule has 1 saturated carbocycles. The SMILES string of the molecule is Nc1cc(NCc2cccc(F)c2)cc(-c2cc(N[C@H]3CC[C@H](N)CC3)ncc2Cl)c1. The lowest BCUT2D eigenvalue weighted by Crippen LogP contribution is -2.33. The fourth-order valence-electron chi connectivity index (χ4n) is 3.97.